The molecule has 0 aliphatic heterocycles. The number of hydrogen-bond donors (Lipinski definition) is 3. The topological polar surface area (TPSA) is 79.3 Å². The van der Waals surface area contributed by atoms with E-state index in [4.69, 9.17) is 9.84 Å². The van der Waals surface area contributed by atoms with E-state index < -0.39 is 0 Å². The molecule has 0 atom stereocenters. The lowest BCUT2D eigenvalue weighted by Gasteiger charge is -2.11. The van der Waals surface area contributed by atoms with Crippen LogP contribution in [0, 0.1) is 0 Å². The van der Waals surface area contributed by atoms with Crippen molar-refractivity contribution in [3.05, 3.63) is 54.1 Å². The molecule has 3 aromatic rings. The number of nitrogens with one attached hydrogen (secondary N) is 2. The summed E-state index contributed by atoms with van der Waals surface area (Å²) in [5.41, 5.74) is 2.05. The minimum atomic E-state index is 0.0525. The zero-order valence-electron chi connectivity index (χ0n) is 14.2. The molecular weight excluding hydrogens is 316 g/mol. The number of fused-ring (bicyclic) bond motifs is 1. The lowest BCUT2D eigenvalue weighted by Crippen LogP contribution is -2.12. The minimum Gasteiger partial charge on any atom is -0.497 e. The highest BCUT2D eigenvalue weighted by molar-refractivity contribution is 5.89. The van der Waals surface area contributed by atoms with E-state index >= 15 is 0 Å². The van der Waals surface area contributed by atoms with Gasteiger partial charge in [-0.2, -0.15) is 4.98 Å². The van der Waals surface area contributed by atoms with Crippen LogP contribution in [0.2, 0.25) is 0 Å². The highest BCUT2D eigenvalue weighted by Gasteiger charge is 2.07. The van der Waals surface area contributed by atoms with Gasteiger partial charge in [0, 0.05) is 18.5 Å². The summed E-state index contributed by atoms with van der Waals surface area (Å²) in [6.07, 6.45) is 0.840. The van der Waals surface area contributed by atoms with Gasteiger partial charge in [-0.15, -0.1) is 0 Å². The predicted octanol–water partition coefficient (Wildman–Crippen LogP) is 2.70. The summed E-state index contributed by atoms with van der Waals surface area (Å²) in [5, 5.41) is 16.4. The van der Waals surface area contributed by atoms with Crippen molar-refractivity contribution in [3.8, 4) is 5.75 Å². The summed E-state index contributed by atoms with van der Waals surface area (Å²) in [6.45, 7) is 1.21. The Morgan fingerprint density at radius 2 is 1.88 bits per heavy atom. The molecule has 130 valence electrons. The van der Waals surface area contributed by atoms with E-state index in [2.05, 4.69) is 26.7 Å². The van der Waals surface area contributed by atoms with Gasteiger partial charge in [-0.1, -0.05) is 24.3 Å². The molecule has 0 amide bonds. The molecule has 0 aliphatic carbocycles. The van der Waals surface area contributed by atoms with Crippen molar-refractivity contribution in [3.63, 3.8) is 0 Å². The van der Waals surface area contributed by atoms with Crippen LogP contribution in [0.25, 0.3) is 10.9 Å². The zero-order chi connectivity index (χ0) is 17.5. The van der Waals surface area contributed by atoms with Gasteiger partial charge in [0.05, 0.1) is 19.2 Å². The van der Waals surface area contributed by atoms with Crippen molar-refractivity contribution >= 4 is 22.7 Å². The maximum Gasteiger partial charge on any atom is 0.225 e. The number of aromatic nitrogens is 2. The van der Waals surface area contributed by atoms with Crippen molar-refractivity contribution in [2.24, 2.45) is 0 Å². The second kappa shape index (κ2) is 8.30. The highest BCUT2D eigenvalue weighted by atomic mass is 16.5. The number of rotatable bonds is 8. The van der Waals surface area contributed by atoms with Crippen molar-refractivity contribution in [1.82, 2.24) is 9.97 Å². The molecule has 0 spiro atoms. The molecule has 0 bridgehead atoms. The normalized spacial score (nSPS) is 10.6. The molecule has 6 heteroatoms. The third-order valence-corrected chi connectivity index (χ3v) is 3.84. The number of anilines is 2. The van der Waals surface area contributed by atoms with Gasteiger partial charge >= 0.3 is 0 Å². The second-order valence-electron chi connectivity index (χ2n) is 5.59. The Morgan fingerprint density at radius 1 is 1.00 bits per heavy atom. The van der Waals surface area contributed by atoms with E-state index in [1.54, 1.807) is 7.11 Å². The first kappa shape index (κ1) is 17.0. The molecule has 1 aromatic heterocycles. The number of ether oxygens (including phenoxy) is 1. The number of benzene rings is 2. The number of para-hydroxylation sites is 1. The van der Waals surface area contributed by atoms with E-state index in [1.807, 2.05) is 42.5 Å². The van der Waals surface area contributed by atoms with Crippen LogP contribution in [0.1, 0.15) is 5.56 Å². The van der Waals surface area contributed by atoms with Gasteiger partial charge in [-0.3, -0.25) is 0 Å². The quantitative estimate of drug-likeness (QED) is 0.586. The number of methoxy groups -OCH3 is 1. The van der Waals surface area contributed by atoms with E-state index in [-0.39, 0.29) is 6.61 Å². The summed E-state index contributed by atoms with van der Waals surface area (Å²) in [6, 6.07) is 15.8. The van der Waals surface area contributed by atoms with E-state index in [1.165, 1.54) is 5.56 Å². The van der Waals surface area contributed by atoms with Gasteiger partial charge in [0.1, 0.15) is 11.6 Å². The Morgan fingerprint density at radius 3 is 2.72 bits per heavy atom. The Hall–Kier alpha value is -2.86. The number of nitrogens with zero attached hydrogens (tertiary/aromatic N) is 2. The van der Waals surface area contributed by atoms with Crippen LogP contribution in [0.3, 0.4) is 0 Å². The molecule has 0 saturated heterocycles. The lowest BCUT2D eigenvalue weighted by atomic mass is 10.1. The van der Waals surface area contributed by atoms with E-state index in [0.717, 1.165) is 28.9 Å². The van der Waals surface area contributed by atoms with Crippen LogP contribution in [0.5, 0.6) is 5.75 Å². The summed E-state index contributed by atoms with van der Waals surface area (Å²) in [5.74, 6) is 2.15. The minimum absolute atomic E-state index is 0.0525. The van der Waals surface area contributed by atoms with E-state index in [9.17, 15) is 0 Å². The Balaban J connectivity index is 1.72. The number of hydrogen-bond acceptors (Lipinski definition) is 6. The average molecular weight is 338 g/mol. The SMILES string of the molecule is COc1cccc(CCNc2nc(NCCO)c3ccccc3n2)c1. The van der Waals surface area contributed by atoms with Gasteiger partial charge in [-0.05, 0) is 36.2 Å². The first-order valence-corrected chi connectivity index (χ1v) is 8.28. The molecule has 1 heterocycles. The monoisotopic (exact) mass is 338 g/mol. The number of aliphatic hydroxyl groups excluding tert-OH is 1. The molecular formula is C19H22N4O2. The van der Waals surface area contributed by atoms with Crippen LogP contribution in [0.15, 0.2) is 48.5 Å². The maximum absolute atomic E-state index is 9.05. The fraction of sp³-hybridized carbons (Fsp3) is 0.263. The molecule has 2 aromatic carbocycles. The molecule has 0 fully saturated rings. The van der Waals surface area contributed by atoms with Crippen molar-refractivity contribution in [2.45, 2.75) is 6.42 Å². The van der Waals surface area contributed by atoms with E-state index in [0.29, 0.717) is 19.0 Å². The van der Waals surface area contributed by atoms with Crippen LogP contribution in [-0.4, -0.2) is 41.9 Å². The summed E-state index contributed by atoms with van der Waals surface area (Å²) in [4.78, 5) is 9.09. The second-order valence-corrected chi connectivity index (χ2v) is 5.59. The molecule has 0 saturated carbocycles. The predicted molar refractivity (Wildman–Crippen MR) is 100 cm³/mol. The summed E-state index contributed by atoms with van der Waals surface area (Å²) in [7, 11) is 1.67. The molecule has 25 heavy (non-hydrogen) atoms. The van der Waals surface area contributed by atoms with Gasteiger partial charge < -0.3 is 20.5 Å². The molecule has 6 nitrogen and oxygen atoms in total. The largest absolute Gasteiger partial charge is 0.497 e. The standard InChI is InChI=1S/C19H22N4O2/c1-25-15-6-4-5-14(13-15)9-10-21-19-22-17-8-3-2-7-16(17)18(23-19)20-11-12-24/h2-8,13,24H,9-12H2,1H3,(H2,20,21,22,23). The lowest BCUT2D eigenvalue weighted by molar-refractivity contribution is 0.311. The number of aliphatic hydroxyl groups is 1. The molecule has 3 rings (SSSR count). The first-order valence-electron chi connectivity index (χ1n) is 8.28. The average Bonchev–Trinajstić information content (AvgIpc) is 2.66. The van der Waals surface area contributed by atoms with Crippen molar-refractivity contribution in [1.29, 1.82) is 0 Å². The highest BCUT2D eigenvalue weighted by Crippen LogP contribution is 2.21. The summed E-state index contributed by atoms with van der Waals surface area (Å²) >= 11 is 0. The van der Waals surface area contributed by atoms with Crippen molar-refractivity contribution in [2.75, 3.05) is 37.4 Å². The first-order chi connectivity index (χ1) is 12.3. The van der Waals surface area contributed by atoms with Gasteiger partial charge in [0.2, 0.25) is 5.95 Å². The molecule has 0 radical (unpaired) electrons. The van der Waals surface area contributed by atoms with Gasteiger partial charge in [-0.25, -0.2) is 4.98 Å². The van der Waals surface area contributed by atoms with Gasteiger partial charge in [0.15, 0.2) is 0 Å². The molecule has 0 unspecified atom stereocenters. The smallest absolute Gasteiger partial charge is 0.225 e. The van der Waals surface area contributed by atoms with Crippen LogP contribution in [-0.2, 0) is 6.42 Å². The third kappa shape index (κ3) is 4.36. The third-order valence-electron chi connectivity index (χ3n) is 3.84. The van der Waals surface area contributed by atoms with Crippen LogP contribution < -0.4 is 15.4 Å². The zero-order valence-corrected chi connectivity index (χ0v) is 14.2. The Kier molecular flexibility index (Phi) is 5.64. The van der Waals surface area contributed by atoms with Crippen LogP contribution in [0.4, 0.5) is 11.8 Å². The van der Waals surface area contributed by atoms with Crippen molar-refractivity contribution < 1.29 is 9.84 Å². The van der Waals surface area contributed by atoms with Gasteiger partial charge in [0.25, 0.3) is 0 Å². The fourth-order valence-corrected chi connectivity index (χ4v) is 2.61. The molecule has 0 aliphatic rings. The Bertz CT molecular complexity index is 839. The van der Waals surface area contributed by atoms with Crippen LogP contribution >= 0.6 is 0 Å². The molecule has 3 N–H and O–H groups in total. The maximum atomic E-state index is 9.05. The Labute approximate surface area is 146 Å². The summed E-state index contributed by atoms with van der Waals surface area (Å²) < 4.78 is 5.25. The fourth-order valence-electron chi connectivity index (χ4n) is 2.61.